The molecular formula is C132H81N3O6. The number of hydrogen-bond donors (Lipinski definition) is 0. The molecule has 9 heterocycles. The second-order valence-electron chi connectivity index (χ2n) is 36.4. The average molecular weight is 1810 g/mol. The van der Waals surface area contributed by atoms with E-state index in [1.807, 2.05) is 18.2 Å². The lowest BCUT2D eigenvalue weighted by atomic mass is 9.96. The first kappa shape index (κ1) is 80.5. The van der Waals surface area contributed by atoms with Gasteiger partial charge in [-0.15, -0.1) is 0 Å². The second-order valence-corrected chi connectivity index (χ2v) is 36.4. The van der Waals surface area contributed by atoms with Gasteiger partial charge < -0.3 is 40.2 Å². The van der Waals surface area contributed by atoms with Crippen molar-refractivity contribution in [3.63, 3.8) is 0 Å². The van der Waals surface area contributed by atoms with Gasteiger partial charge in [0, 0.05) is 98.4 Å². The molecule has 0 bridgehead atoms. The van der Waals surface area contributed by atoms with Gasteiger partial charge in [0.2, 0.25) is 0 Å². The molecule has 21 aromatic carbocycles. The van der Waals surface area contributed by atoms with Gasteiger partial charge in [-0.1, -0.05) is 328 Å². The van der Waals surface area contributed by atoms with Gasteiger partial charge in [-0.05, 0) is 247 Å². The maximum absolute atomic E-state index is 6.73. The van der Waals surface area contributed by atoms with Crippen LogP contribution in [0.3, 0.4) is 0 Å². The van der Waals surface area contributed by atoms with E-state index in [-0.39, 0.29) is 0 Å². The summed E-state index contributed by atoms with van der Waals surface area (Å²) in [6, 6.07) is 173. The molecule has 0 radical (unpaired) electrons. The Balaban J connectivity index is 0.000000104. The van der Waals surface area contributed by atoms with Crippen LogP contribution in [0, 0.1) is 0 Å². The molecule has 141 heavy (non-hydrogen) atoms. The van der Waals surface area contributed by atoms with Gasteiger partial charge in [-0.2, -0.15) is 0 Å². The summed E-state index contributed by atoms with van der Waals surface area (Å²) in [6.45, 7) is 0. The minimum absolute atomic E-state index is 0.881. The number of nitrogens with zero attached hydrogens (tertiary/aromatic N) is 3. The van der Waals surface area contributed by atoms with Gasteiger partial charge in [0.15, 0.2) is 16.7 Å². The minimum Gasteiger partial charge on any atom is -0.456 e. The second kappa shape index (κ2) is 33.0. The van der Waals surface area contributed by atoms with Crippen LogP contribution in [0.2, 0.25) is 0 Å². The summed E-state index contributed by atoms with van der Waals surface area (Å²) >= 11 is 0. The van der Waals surface area contributed by atoms with E-state index >= 15 is 0 Å². The van der Waals surface area contributed by atoms with E-state index in [0.717, 1.165) is 265 Å². The SMILES string of the molecule is c1ccc(-c2ccc3c(c2)oc2cc(-c4cccc(-c5ccc6oc7c8ccccc8n(-c8ccccc8)c7c6c5)c4)ccc23)cc1.c1ccc(-c2ccc3oc4c(-c5cccc(-c6ccc7oc8c9ccccc9n(-c9ccccc9)c8c7c6)c5)cccc4c3c2)cc1.c1ccc(-c2cccc3c2oc2c(-c4cccc(-c5ccc6oc7c8ccccc8n(-c8ccccc8)c7c6c5)c4)cccc23)cc1. The first-order valence-corrected chi connectivity index (χ1v) is 47.8. The third kappa shape index (κ3) is 13.5. The third-order valence-corrected chi connectivity index (χ3v) is 28.2. The highest BCUT2D eigenvalue weighted by Gasteiger charge is 2.27. The fourth-order valence-corrected chi connectivity index (χ4v) is 21.6. The van der Waals surface area contributed by atoms with Gasteiger partial charge in [0.25, 0.3) is 0 Å². The molecule has 0 fully saturated rings. The van der Waals surface area contributed by atoms with Crippen molar-refractivity contribution in [1.82, 2.24) is 13.7 Å². The van der Waals surface area contributed by atoms with E-state index in [2.05, 4.69) is 487 Å². The number of furan rings is 6. The zero-order valence-corrected chi connectivity index (χ0v) is 76.1. The van der Waals surface area contributed by atoms with Gasteiger partial charge in [0.1, 0.15) is 66.8 Å². The molecule has 0 N–H and O–H groups in total. The van der Waals surface area contributed by atoms with Crippen molar-refractivity contribution < 1.29 is 26.5 Å². The Bertz CT molecular complexity index is 10200. The highest BCUT2D eigenvalue weighted by atomic mass is 16.4. The molecule has 660 valence electrons. The largest absolute Gasteiger partial charge is 0.456 e. The maximum atomic E-state index is 6.73. The molecule has 9 aromatic heterocycles. The molecule has 0 spiro atoms. The van der Waals surface area contributed by atoms with E-state index in [1.165, 1.54) is 16.7 Å². The van der Waals surface area contributed by atoms with Crippen LogP contribution in [0.15, 0.2) is 518 Å². The third-order valence-electron chi connectivity index (χ3n) is 28.2. The first-order chi connectivity index (χ1) is 69.9. The van der Waals surface area contributed by atoms with Crippen molar-refractivity contribution in [3.05, 3.63) is 491 Å². The smallest absolute Gasteiger partial charge is 0.161 e. The molecule has 0 unspecified atom stereocenters. The Hall–Kier alpha value is -19.0. The van der Waals surface area contributed by atoms with E-state index in [0.29, 0.717) is 0 Å². The molecule has 0 atom stereocenters. The van der Waals surface area contributed by atoms with Crippen molar-refractivity contribution in [2.75, 3.05) is 0 Å². The Kier molecular flexibility index (Phi) is 18.8. The highest BCUT2D eigenvalue weighted by Crippen LogP contribution is 2.49. The molecule has 9 nitrogen and oxygen atoms in total. The maximum Gasteiger partial charge on any atom is 0.161 e. The predicted octanol–water partition coefficient (Wildman–Crippen LogP) is 37.3. The summed E-state index contributed by atoms with van der Waals surface area (Å²) in [4.78, 5) is 0. The van der Waals surface area contributed by atoms with Crippen molar-refractivity contribution in [2.24, 2.45) is 0 Å². The lowest BCUT2D eigenvalue weighted by Gasteiger charge is -2.09. The van der Waals surface area contributed by atoms with Crippen molar-refractivity contribution in [2.45, 2.75) is 0 Å². The molecule has 0 saturated heterocycles. The Morgan fingerprint density at radius 1 is 0.121 bits per heavy atom. The zero-order valence-electron chi connectivity index (χ0n) is 76.1. The summed E-state index contributed by atoms with van der Waals surface area (Å²) in [5.41, 5.74) is 41.3. The van der Waals surface area contributed by atoms with Crippen molar-refractivity contribution in [3.8, 4) is 117 Å². The molecule has 0 aliphatic heterocycles. The quantitative estimate of drug-likeness (QED) is 0.121. The Morgan fingerprint density at radius 2 is 0.369 bits per heavy atom. The number of aromatic nitrogens is 3. The van der Waals surface area contributed by atoms with E-state index in [1.54, 1.807) is 0 Å². The van der Waals surface area contributed by atoms with Gasteiger partial charge in [0.05, 0.1) is 16.6 Å². The number of para-hydroxylation sites is 9. The molecule has 0 aliphatic carbocycles. The van der Waals surface area contributed by atoms with E-state index in [4.69, 9.17) is 26.5 Å². The number of rotatable bonds is 12. The van der Waals surface area contributed by atoms with Crippen LogP contribution < -0.4 is 0 Å². The lowest BCUT2D eigenvalue weighted by molar-refractivity contribution is 0.669. The monoisotopic (exact) mass is 1800 g/mol. The minimum atomic E-state index is 0.881. The topological polar surface area (TPSA) is 93.6 Å². The molecular weight excluding hydrogens is 1720 g/mol. The van der Waals surface area contributed by atoms with Crippen LogP contribution >= 0.6 is 0 Å². The van der Waals surface area contributed by atoms with Crippen LogP contribution in [-0.2, 0) is 0 Å². The molecule has 0 amide bonds. The van der Waals surface area contributed by atoms with Crippen LogP contribution in [-0.4, -0.2) is 13.7 Å². The number of fused-ring (bicyclic) bond motifs is 24. The Morgan fingerprint density at radius 3 is 0.759 bits per heavy atom. The predicted molar refractivity (Wildman–Crippen MR) is 582 cm³/mol. The fraction of sp³-hybridized carbons (Fsp3) is 0. The Labute approximate surface area is 807 Å². The molecule has 30 aromatic rings. The fourth-order valence-electron chi connectivity index (χ4n) is 21.6. The molecule has 0 aliphatic rings. The summed E-state index contributed by atoms with van der Waals surface area (Å²) < 4.78 is 46.3. The van der Waals surface area contributed by atoms with Crippen LogP contribution in [0.1, 0.15) is 0 Å². The van der Waals surface area contributed by atoms with E-state index < -0.39 is 0 Å². The number of benzene rings is 21. The van der Waals surface area contributed by atoms with Crippen LogP contribution in [0.25, 0.3) is 282 Å². The zero-order chi connectivity index (χ0) is 92.7. The summed E-state index contributed by atoms with van der Waals surface area (Å²) in [5.74, 6) is 0. The molecule has 30 rings (SSSR count). The van der Waals surface area contributed by atoms with E-state index in [9.17, 15) is 0 Å². The summed E-state index contributed by atoms with van der Waals surface area (Å²) in [6.07, 6.45) is 0. The van der Waals surface area contributed by atoms with Crippen molar-refractivity contribution >= 4 is 165 Å². The van der Waals surface area contributed by atoms with Gasteiger partial charge in [-0.3, -0.25) is 0 Å². The standard InChI is InChI=1S/3C44H27NO2/c1-3-12-28(13-4-1)33-19-10-21-35-36-22-11-20-34(43(36)47-42(33)35)31-15-9-14-29(26-31)30-24-25-40-38(27-30)41-44(46-40)37-18-7-8-23-39(37)45(41)32-16-5-2-6-17-32;1-3-11-28(12-4-1)30-21-23-40-37(26-30)35-19-10-18-34(43(35)46-40)32-14-9-13-29(25-32)31-22-24-41-38(27-31)42-44(47-41)36-17-7-8-20-39(36)45(42)33-15-5-2-6-16-33;1-3-10-28(11-4-1)32-18-21-35-36-22-19-33(27-42(36)46-41(35)26-32)30-13-9-12-29(24-30)31-20-23-40-38(25-31)43-44(47-40)37-16-7-8-17-39(37)45(43)34-14-5-2-6-15-34/h3*1-27H. The molecule has 9 heteroatoms. The normalized spacial score (nSPS) is 11.8. The highest BCUT2D eigenvalue weighted by molar-refractivity contribution is 6.21. The van der Waals surface area contributed by atoms with Gasteiger partial charge >= 0.3 is 0 Å². The summed E-state index contributed by atoms with van der Waals surface area (Å²) in [5, 5.41) is 13.4. The first-order valence-electron chi connectivity index (χ1n) is 47.8. The van der Waals surface area contributed by atoms with Crippen LogP contribution in [0.4, 0.5) is 0 Å². The molecule has 0 saturated carbocycles. The summed E-state index contributed by atoms with van der Waals surface area (Å²) in [7, 11) is 0. The van der Waals surface area contributed by atoms with Crippen molar-refractivity contribution in [1.29, 1.82) is 0 Å². The van der Waals surface area contributed by atoms with Crippen LogP contribution in [0.5, 0.6) is 0 Å². The number of hydrogen-bond acceptors (Lipinski definition) is 6. The lowest BCUT2D eigenvalue weighted by Crippen LogP contribution is -1.92. The average Bonchev–Trinajstić information content (AvgIpc) is 1.57. The van der Waals surface area contributed by atoms with Gasteiger partial charge in [-0.25, -0.2) is 0 Å².